The quantitative estimate of drug-likeness (QED) is 0.466. The van der Waals surface area contributed by atoms with Crippen molar-refractivity contribution in [3.63, 3.8) is 0 Å². The fourth-order valence-corrected chi connectivity index (χ4v) is 5.05. The number of primary amides is 1. The topological polar surface area (TPSA) is 101 Å². The summed E-state index contributed by atoms with van der Waals surface area (Å²) in [7, 11) is 3.99. The molecule has 0 unspecified atom stereocenters. The van der Waals surface area contributed by atoms with E-state index < -0.39 is 5.91 Å². The molecule has 7 nitrogen and oxygen atoms in total. The molecule has 0 radical (unpaired) electrons. The number of aromatic nitrogens is 2. The third-order valence-corrected chi connectivity index (χ3v) is 8.20. The predicted octanol–water partition coefficient (Wildman–Crippen LogP) is 3.75. The van der Waals surface area contributed by atoms with E-state index >= 15 is 0 Å². The number of halogens is 1. The first kappa shape index (κ1) is 25.5. The van der Waals surface area contributed by atoms with E-state index in [4.69, 9.17) is 17.3 Å². The van der Waals surface area contributed by atoms with Gasteiger partial charge in [-0.1, -0.05) is 17.7 Å². The first-order valence-electron chi connectivity index (χ1n) is 11.0. The van der Waals surface area contributed by atoms with Crippen LogP contribution in [-0.4, -0.2) is 52.2 Å². The summed E-state index contributed by atoms with van der Waals surface area (Å²) in [4.78, 5) is 34.6. The summed E-state index contributed by atoms with van der Waals surface area (Å²) in [5, 5.41) is 3.65. The van der Waals surface area contributed by atoms with Crippen LogP contribution in [0.5, 0.6) is 0 Å². The van der Waals surface area contributed by atoms with Crippen LogP contribution >= 0.6 is 23.4 Å². The van der Waals surface area contributed by atoms with E-state index in [1.807, 2.05) is 39.5 Å². The van der Waals surface area contributed by atoms with Crippen LogP contribution in [-0.2, 0) is 10.5 Å². The molecule has 1 aromatic carbocycles. The first-order valence-corrected chi connectivity index (χ1v) is 12.4. The molecule has 33 heavy (non-hydrogen) atoms. The lowest BCUT2D eigenvalue weighted by Crippen LogP contribution is -2.48. The van der Waals surface area contributed by atoms with Crippen molar-refractivity contribution in [1.82, 2.24) is 20.2 Å². The maximum absolute atomic E-state index is 12.9. The Morgan fingerprint density at radius 2 is 1.97 bits per heavy atom. The number of hydrogen-bond donors (Lipinski definition) is 2. The van der Waals surface area contributed by atoms with E-state index in [2.05, 4.69) is 27.1 Å². The standard InChI is InChI=1S/C24H32ClN5O2S/c1-15-27-11-19(12-28-15)20(16-5-6-16)10-22(31)29-14-24(2,30(3)4)33-13-18-8-7-17(23(26)32)9-21(18)25/h7-9,11-12,16,20H,5-6,10,13-14H2,1-4H3,(H2,26,32)(H,29,31)/t20-,24+/m0/s1. The zero-order chi connectivity index (χ0) is 24.2. The summed E-state index contributed by atoms with van der Waals surface area (Å²) < 4.78 is 0. The van der Waals surface area contributed by atoms with Gasteiger partial charge in [-0.05, 0) is 75.9 Å². The van der Waals surface area contributed by atoms with Crippen LogP contribution in [0.1, 0.15) is 59.4 Å². The second-order valence-corrected chi connectivity index (χ2v) is 10.9. The minimum atomic E-state index is -0.501. The van der Waals surface area contributed by atoms with E-state index in [9.17, 15) is 9.59 Å². The molecule has 2 atom stereocenters. The maximum Gasteiger partial charge on any atom is 0.248 e. The van der Waals surface area contributed by atoms with E-state index in [0.717, 1.165) is 29.8 Å². The Bertz CT molecular complexity index is 997. The Balaban J connectivity index is 1.60. The van der Waals surface area contributed by atoms with Crippen molar-refractivity contribution in [3.05, 3.63) is 58.1 Å². The number of nitrogens with one attached hydrogen (secondary N) is 1. The molecule has 0 aliphatic heterocycles. The van der Waals surface area contributed by atoms with Crippen LogP contribution in [0, 0.1) is 12.8 Å². The third kappa shape index (κ3) is 6.91. The SMILES string of the molecule is Cc1ncc([C@@H](CC(=O)NC[C@@](C)(SCc2ccc(C(N)=O)cc2Cl)N(C)C)C2CC2)cn1. The van der Waals surface area contributed by atoms with Gasteiger partial charge in [0.1, 0.15) is 5.82 Å². The smallest absolute Gasteiger partial charge is 0.248 e. The van der Waals surface area contributed by atoms with Gasteiger partial charge in [0.25, 0.3) is 0 Å². The number of thioether (sulfide) groups is 1. The van der Waals surface area contributed by atoms with Crippen LogP contribution in [0.4, 0.5) is 0 Å². The Labute approximate surface area is 204 Å². The number of aryl methyl sites for hydroxylation is 1. The van der Waals surface area contributed by atoms with Gasteiger partial charge >= 0.3 is 0 Å². The second kappa shape index (κ2) is 10.8. The number of likely N-dealkylation sites (N-methyl/N-ethyl adjacent to an activating group) is 1. The summed E-state index contributed by atoms with van der Waals surface area (Å²) in [6, 6.07) is 5.11. The molecule has 0 spiro atoms. The van der Waals surface area contributed by atoms with Gasteiger partial charge in [0.2, 0.25) is 11.8 Å². The molecule has 2 amide bonds. The van der Waals surface area contributed by atoms with E-state index in [1.165, 1.54) is 0 Å². The predicted molar refractivity (Wildman–Crippen MR) is 133 cm³/mol. The molecular formula is C24H32ClN5O2S. The highest BCUT2D eigenvalue weighted by molar-refractivity contribution is 7.99. The molecule has 3 rings (SSSR count). The number of nitrogens with two attached hydrogens (primary N) is 1. The summed E-state index contributed by atoms with van der Waals surface area (Å²) in [6.07, 6.45) is 6.43. The van der Waals surface area contributed by atoms with E-state index in [0.29, 0.717) is 35.2 Å². The number of hydrogen-bond acceptors (Lipinski definition) is 6. The van der Waals surface area contributed by atoms with Crippen molar-refractivity contribution in [1.29, 1.82) is 0 Å². The molecule has 3 N–H and O–H groups in total. The second-order valence-electron chi connectivity index (χ2n) is 9.02. The number of rotatable bonds is 11. The van der Waals surface area contributed by atoms with Gasteiger partial charge < -0.3 is 11.1 Å². The number of amides is 2. The maximum atomic E-state index is 12.9. The first-order chi connectivity index (χ1) is 15.6. The largest absolute Gasteiger partial charge is 0.366 e. The van der Waals surface area contributed by atoms with Crippen molar-refractivity contribution in [2.75, 3.05) is 20.6 Å². The minimum Gasteiger partial charge on any atom is -0.366 e. The van der Waals surface area contributed by atoms with Crippen molar-refractivity contribution < 1.29 is 9.59 Å². The van der Waals surface area contributed by atoms with Crippen LogP contribution in [0.25, 0.3) is 0 Å². The molecule has 1 saturated carbocycles. The lowest BCUT2D eigenvalue weighted by atomic mass is 9.93. The fraction of sp³-hybridized carbons (Fsp3) is 0.500. The zero-order valence-corrected chi connectivity index (χ0v) is 21.2. The highest BCUT2D eigenvalue weighted by Crippen LogP contribution is 2.44. The Kier molecular flexibility index (Phi) is 8.37. The number of nitrogens with zero attached hydrogens (tertiary/aromatic N) is 3. The van der Waals surface area contributed by atoms with Crippen molar-refractivity contribution in [3.8, 4) is 0 Å². The third-order valence-electron chi connectivity index (χ3n) is 6.26. The molecule has 178 valence electrons. The van der Waals surface area contributed by atoms with Gasteiger partial charge in [-0.15, -0.1) is 11.8 Å². The van der Waals surface area contributed by atoms with Gasteiger partial charge in [-0.3, -0.25) is 14.5 Å². The average Bonchev–Trinajstić information content (AvgIpc) is 3.61. The van der Waals surface area contributed by atoms with Crippen LogP contribution in [0.15, 0.2) is 30.6 Å². The highest BCUT2D eigenvalue weighted by atomic mass is 35.5. The molecule has 1 heterocycles. The summed E-state index contributed by atoms with van der Waals surface area (Å²) >= 11 is 8.04. The fourth-order valence-electron chi connectivity index (χ4n) is 3.57. The Morgan fingerprint density at radius 3 is 2.52 bits per heavy atom. The zero-order valence-electron chi connectivity index (χ0n) is 19.6. The van der Waals surface area contributed by atoms with Crippen LogP contribution < -0.4 is 11.1 Å². The summed E-state index contributed by atoms with van der Waals surface area (Å²) in [5.74, 6) is 1.59. The highest BCUT2D eigenvalue weighted by Gasteiger charge is 2.35. The average molecular weight is 490 g/mol. The van der Waals surface area contributed by atoms with Gasteiger partial charge in [-0.25, -0.2) is 9.97 Å². The van der Waals surface area contributed by atoms with Crippen molar-refractivity contribution in [2.45, 2.75) is 49.7 Å². The van der Waals surface area contributed by atoms with Gasteiger partial charge in [0.05, 0.1) is 4.87 Å². The minimum absolute atomic E-state index is 0.0324. The molecule has 1 aromatic heterocycles. The van der Waals surface area contributed by atoms with Crippen molar-refractivity contribution >= 4 is 35.2 Å². The Hall–Kier alpha value is -2.16. The molecular weight excluding hydrogens is 458 g/mol. The molecule has 1 fully saturated rings. The van der Waals surface area contributed by atoms with E-state index in [1.54, 1.807) is 23.9 Å². The van der Waals surface area contributed by atoms with Crippen molar-refractivity contribution in [2.24, 2.45) is 11.7 Å². The van der Waals surface area contributed by atoms with Crippen LogP contribution in [0.2, 0.25) is 5.02 Å². The number of benzene rings is 1. The lowest BCUT2D eigenvalue weighted by Gasteiger charge is -2.36. The van der Waals surface area contributed by atoms with Crippen LogP contribution in [0.3, 0.4) is 0 Å². The molecule has 0 saturated heterocycles. The Morgan fingerprint density at radius 1 is 1.30 bits per heavy atom. The molecule has 0 bridgehead atoms. The normalized spacial score (nSPS) is 16.3. The van der Waals surface area contributed by atoms with E-state index in [-0.39, 0.29) is 16.7 Å². The molecule has 9 heteroatoms. The number of carbonyl (C=O) groups is 2. The van der Waals surface area contributed by atoms with Gasteiger partial charge in [0.15, 0.2) is 0 Å². The van der Waals surface area contributed by atoms with Gasteiger partial charge in [-0.2, -0.15) is 0 Å². The number of carbonyl (C=O) groups excluding carboxylic acids is 2. The monoisotopic (exact) mass is 489 g/mol. The summed E-state index contributed by atoms with van der Waals surface area (Å²) in [5.41, 5.74) is 7.67. The molecule has 2 aromatic rings. The lowest BCUT2D eigenvalue weighted by molar-refractivity contribution is -0.121. The van der Waals surface area contributed by atoms with Gasteiger partial charge in [0, 0.05) is 41.7 Å². The molecule has 1 aliphatic carbocycles. The molecule has 1 aliphatic rings. The summed E-state index contributed by atoms with van der Waals surface area (Å²) in [6.45, 7) is 4.44.